The van der Waals surface area contributed by atoms with Gasteiger partial charge in [0, 0.05) is 18.7 Å². The average Bonchev–Trinajstić information content (AvgIpc) is 3.48. The largest absolute Gasteiger partial charge is 0.348 e. The lowest BCUT2D eigenvalue weighted by molar-refractivity contribution is 0.0951. The second kappa shape index (κ2) is 8.70. The van der Waals surface area contributed by atoms with E-state index in [-0.39, 0.29) is 5.91 Å². The van der Waals surface area contributed by atoms with Gasteiger partial charge >= 0.3 is 0 Å². The van der Waals surface area contributed by atoms with Gasteiger partial charge in [-0.05, 0) is 52.2 Å². The normalized spacial score (nSPS) is 11.5. The number of amides is 1. The van der Waals surface area contributed by atoms with Crippen molar-refractivity contribution in [2.45, 2.75) is 19.5 Å². The van der Waals surface area contributed by atoms with Gasteiger partial charge in [-0.15, -0.1) is 0 Å². The Labute approximate surface area is 201 Å². The molecule has 172 valence electrons. The number of hydrogen-bond donors (Lipinski definition) is 4. The highest BCUT2D eigenvalue weighted by atomic mass is 16.1. The van der Waals surface area contributed by atoms with Crippen LogP contribution in [-0.2, 0) is 19.5 Å². The molecule has 6 aromatic rings. The van der Waals surface area contributed by atoms with Gasteiger partial charge in [-0.1, -0.05) is 48.5 Å². The van der Waals surface area contributed by atoms with E-state index in [1.54, 1.807) is 0 Å². The van der Waals surface area contributed by atoms with E-state index in [0.29, 0.717) is 25.1 Å². The Morgan fingerprint density at radius 3 is 2.34 bits per heavy atom. The Morgan fingerprint density at radius 1 is 0.829 bits per heavy atom. The Kier molecular flexibility index (Phi) is 5.24. The van der Waals surface area contributed by atoms with Crippen molar-refractivity contribution in [3.05, 3.63) is 107 Å². The monoisotopic (exact) mass is 460 g/mol. The number of rotatable bonds is 6. The van der Waals surface area contributed by atoms with Crippen LogP contribution in [0.1, 0.15) is 33.1 Å². The van der Waals surface area contributed by atoms with E-state index >= 15 is 0 Å². The maximum atomic E-state index is 12.9. The molecule has 0 spiro atoms. The third kappa shape index (κ3) is 4.13. The molecule has 2 aromatic heterocycles. The van der Waals surface area contributed by atoms with Gasteiger partial charge in [0.2, 0.25) is 0 Å². The number of aromatic nitrogens is 4. The predicted octanol–water partition coefficient (Wildman–Crippen LogP) is 4.57. The maximum absolute atomic E-state index is 12.9. The Bertz CT molecular complexity index is 1690. The molecule has 0 saturated heterocycles. The average molecular weight is 461 g/mol. The Hall–Kier alpha value is -4.49. The van der Waals surface area contributed by atoms with E-state index in [4.69, 9.17) is 10.7 Å². The summed E-state index contributed by atoms with van der Waals surface area (Å²) in [5, 5.41) is 5.35. The molecule has 2 heterocycles. The highest BCUT2D eigenvalue weighted by Crippen LogP contribution is 2.20. The molecule has 35 heavy (non-hydrogen) atoms. The molecule has 0 aliphatic carbocycles. The van der Waals surface area contributed by atoms with Crippen LogP contribution >= 0.6 is 0 Å². The van der Waals surface area contributed by atoms with Crippen LogP contribution in [0.15, 0.2) is 78.9 Å². The number of aromatic amines is 2. The van der Waals surface area contributed by atoms with E-state index in [2.05, 4.69) is 38.5 Å². The van der Waals surface area contributed by atoms with E-state index in [1.807, 2.05) is 60.7 Å². The molecule has 4 aromatic carbocycles. The van der Waals surface area contributed by atoms with Crippen LogP contribution in [0, 0.1) is 0 Å². The summed E-state index contributed by atoms with van der Waals surface area (Å²) in [6.45, 7) is 0.946. The van der Waals surface area contributed by atoms with E-state index in [0.717, 1.165) is 55.6 Å². The topological polar surface area (TPSA) is 112 Å². The number of H-pyrrole nitrogens is 2. The van der Waals surface area contributed by atoms with Crippen molar-refractivity contribution in [3.8, 4) is 0 Å². The fraction of sp³-hybridized carbons (Fsp3) is 0.107. The van der Waals surface area contributed by atoms with Crippen LogP contribution in [0.4, 0.5) is 0 Å². The predicted molar refractivity (Wildman–Crippen MR) is 138 cm³/mol. The lowest BCUT2D eigenvalue weighted by atomic mass is 10.0. The molecule has 0 bridgehead atoms. The first-order chi connectivity index (χ1) is 17.2. The number of nitrogens with zero attached hydrogens (tertiary/aromatic N) is 2. The summed E-state index contributed by atoms with van der Waals surface area (Å²) < 4.78 is 0. The van der Waals surface area contributed by atoms with Crippen LogP contribution < -0.4 is 11.1 Å². The smallest absolute Gasteiger partial charge is 0.251 e. The molecule has 7 heteroatoms. The highest BCUT2D eigenvalue weighted by molar-refractivity contribution is 5.97. The van der Waals surface area contributed by atoms with Gasteiger partial charge < -0.3 is 21.0 Å². The second-order valence-corrected chi connectivity index (χ2v) is 8.65. The van der Waals surface area contributed by atoms with Crippen LogP contribution in [-0.4, -0.2) is 25.8 Å². The molecule has 7 nitrogen and oxygen atoms in total. The zero-order valence-electron chi connectivity index (χ0n) is 19.0. The second-order valence-electron chi connectivity index (χ2n) is 8.65. The number of nitrogens with two attached hydrogens (primary N) is 1. The van der Waals surface area contributed by atoms with Crippen LogP contribution in [0.2, 0.25) is 0 Å². The van der Waals surface area contributed by atoms with Gasteiger partial charge in [0.05, 0.1) is 28.5 Å². The van der Waals surface area contributed by atoms with E-state index in [1.165, 1.54) is 0 Å². The minimum Gasteiger partial charge on any atom is -0.348 e. The number of benzene rings is 4. The van der Waals surface area contributed by atoms with Crippen LogP contribution in [0.3, 0.4) is 0 Å². The fourth-order valence-electron chi connectivity index (χ4n) is 4.48. The van der Waals surface area contributed by atoms with Crippen molar-refractivity contribution in [1.82, 2.24) is 25.3 Å². The van der Waals surface area contributed by atoms with Gasteiger partial charge in [0.15, 0.2) is 0 Å². The summed E-state index contributed by atoms with van der Waals surface area (Å²) in [4.78, 5) is 28.9. The van der Waals surface area contributed by atoms with Gasteiger partial charge in [-0.25, -0.2) is 9.97 Å². The SMILES string of the molecule is NCc1ccc2[nH]c(Cc3nc4cc(C(=O)NCc5cccc6ccccc56)ccc4[nH]3)nc2c1. The molecule has 0 atom stereocenters. The zero-order valence-corrected chi connectivity index (χ0v) is 19.0. The van der Waals surface area contributed by atoms with Crippen molar-refractivity contribution >= 4 is 38.7 Å². The number of hydrogen-bond acceptors (Lipinski definition) is 4. The van der Waals surface area contributed by atoms with E-state index in [9.17, 15) is 4.79 Å². The molecule has 6 rings (SSSR count). The molecule has 1 amide bonds. The first-order valence-corrected chi connectivity index (χ1v) is 11.6. The molecule has 0 aliphatic heterocycles. The standard InChI is InChI=1S/C28H24N6O/c29-15-17-8-10-22-24(12-17)33-26(31-22)14-27-32-23-11-9-19(13-25(23)34-27)28(35)30-16-20-6-3-5-18-4-1-2-7-21(18)20/h1-13H,14-16,29H2,(H,30,35)(H,31,33)(H,32,34). The fourth-order valence-corrected chi connectivity index (χ4v) is 4.48. The summed E-state index contributed by atoms with van der Waals surface area (Å²) in [6.07, 6.45) is 0.532. The number of fused-ring (bicyclic) bond motifs is 3. The number of carbonyl (C=O) groups excluding carboxylic acids is 1. The summed E-state index contributed by atoms with van der Waals surface area (Å²) in [6, 6.07) is 25.8. The van der Waals surface area contributed by atoms with Crippen LogP contribution in [0.25, 0.3) is 32.8 Å². The van der Waals surface area contributed by atoms with Gasteiger partial charge in [0.25, 0.3) is 5.91 Å². The minimum atomic E-state index is -0.127. The summed E-state index contributed by atoms with van der Waals surface area (Å²) in [7, 11) is 0. The number of imidazole rings is 2. The molecule has 0 radical (unpaired) electrons. The minimum absolute atomic E-state index is 0.127. The Balaban J connectivity index is 1.19. The van der Waals surface area contributed by atoms with Crippen molar-refractivity contribution in [2.24, 2.45) is 5.73 Å². The lowest BCUT2D eigenvalue weighted by Crippen LogP contribution is -2.22. The van der Waals surface area contributed by atoms with Crippen molar-refractivity contribution in [3.63, 3.8) is 0 Å². The quantitative estimate of drug-likeness (QED) is 0.292. The first-order valence-electron chi connectivity index (χ1n) is 11.6. The maximum Gasteiger partial charge on any atom is 0.251 e. The number of carbonyl (C=O) groups is 1. The number of nitrogens with one attached hydrogen (secondary N) is 3. The van der Waals surface area contributed by atoms with Crippen molar-refractivity contribution in [1.29, 1.82) is 0 Å². The third-order valence-corrected chi connectivity index (χ3v) is 6.28. The Morgan fingerprint density at radius 2 is 1.54 bits per heavy atom. The molecule has 0 fully saturated rings. The van der Waals surface area contributed by atoms with Crippen LogP contribution in [0.5, 0.6) is 0 Å². The summed E-state index contributed by atoms with van der Waals surface area (Å²) in [5.74, 6) is 1.48. The summed E-state index contributed by atoms with van der Waals surface area (Å²) in [5.41, 5.74) is 11.9. The molecule has 0 unspecified atom stereocenters. The van der Waals surface area contributed by atoms with Gasteiger partial charge in [-0.2, -0.15) is 0 Å². The van der Waals surface area contributed by atoms with Gasteiger partial charge in [-0.3, -0.25) is 4.79 Å². The first kappa shape index (κ1) is 21.1. The van der Waals surface area contributed by atoms with Gasteiger partial charge in [0.1, 0.15) is 11.6 Å². The van der Waals surface area contributed by atoms with E-state index < -0.39 is 0 Å². The molecule has 5 N–H and O–H groups in total. The molecular formula is C28H24N6O. The highest BCUT2D eigenvalue weighted by Gasteiger charge is 2.12. The zero-order chi connectivity index (χ0) is 23.8. The van der Waals surface area contributed by atoms with Crippen molar-refractivity contribution in [2.75, 3.05) is 0 Å². The third-order valence-electron chi connectivity index (χ3n) is 6.28. The molecule has 0 aliphatic rings. The van der Waals surface area contributed by atoms with Crippen molar-refractivity contribution < 1.29 is 4.79 Å². The molecular weight excluding hydrogens is 436 g/mol. The summed E-state index contributed by atoms with van der Waals surface area (Å²) >= 11 is 0. The molecule has 0 saturated carbocycles. The lowest BCUT2D eigenvalue weighted by Gasteiger charge is -2.08.